The standard InChI is InChI=1S/C24H23F4N3O5/c1-11-5-17-20(22(21(11)25)35-12(2)24(26,27)28)23(33)31-9-15(6-14(31)10-34-17)36-19-7-16-13(8-29-19)3-4-18(32)30-16/h5,7-8,12,14-15H,3-4,6,9-10H2,1-2H3,(H,30,32)/t12-,14-,15+/m1/s1. The molecular weight excluding hydrogens is 486 g/mol. The highest BCUT2D eigenvalue weighted by molar-refractivity contribution is 6.00. The average molecular weight is 509 g/mol. The number of alkyl halides is 3. The van der Waals surface area contributed by atoms with E-state index in [1.807, 2.05) is 0 Å². The minimum absolute atomic E-state index is 0.000214. The molecule has 0 bridgehead atoms. The number of nitrogens with one attached hydrogen (secondary N) is 1. The molecule has 2 aromatic rings. The highest BCUT2D eigenvalue weighted by atomic mass is 19.4. The fourth-order valence-corrected chi connectivity index (χ4v) is 4.58. The highest BCUT2D eigenvalue weighted by Gasteiger charge is 2.44. The van der Waals surface area contributed by atoms with Crippen LogP contribution in [-0.2, 0) is 11.2 Å². The van der Waals surface area contributed by atoms with Crippen LogP contribution in [0.2, 0.25) is 0 Å². The zero-order chi connectivity index (χ0) is 25.8. The first-order chi connectivity index (χ1) is 17.0. The Bertz CT molecular complexity index is 1240. The number of nitrogens with zero attached hydrogens (tertiary/aromatic N) is 2. The van der Waals surface area contributed by atoms with Gasteiger partial charge in [0.15, 0.2) is 17.7 Å². The van der Waals surface area contributed by atoms with E-state index < -0.39 is 41.9 Å². The molecule has 4 heterocycles. The summed E-state index contributed by atoms with van der Waals surface area (Å²) in [6.07, 6.45) is -4.65. The number of ether oxygens (including phenoxy) is 3. The first-order valence-corrected chi connectivity index (χ1v) is 11.5. The van der Waals surface area contributed by atoms with E-state index in [2.05, 4.69) is 10.3 Å². The lowest BCUT2D eigenvalue weighted by atomic mass is 10.1. The summed E-state index contributed by atoms with van der Waals surface area (Å²) in [7, 11) is 0. The second-order valence-electron chi connectivity index (χ2n) is 9.14. The number of hydrogen-bond acceptors (Lipinski definition) is 6. The number of rotatable bonds is 4. The van der Waals surface area contributed by atoms with Crippen LogP contribution in [0, 0.1) is 12.7 Å². The van der Waals surface area contributed by atoms with Crippen LogP contribution in [0.3, 0.4) is 0 Å². The maximum Gasteiger partial charge on any atom is 0.425 e. The Hall–Kier alpha value is -3.57. The maximum atomic E-state index is 14.9. The number of hydrogen-bond donors (Lipinski definition) is 1. The van der Waals surface area contributed by atoms with Gasteiger partial charge in [-0.1, -0.05) is 0 Å². The van der Waals surface area contributed by atoms with Crippen LogP contribution in [0.15, 0.2) is 18.3 Å². The van der Waals surface area contributed by atoms with E-state index in [1.165, 1.54) is 17.9 Å². The number of aromatic nitrogens is 1. The predicted molar refractivity (Wildman–Crippen MR) is 118 cm³/mol. The molecule has 0 saturated carbocycles. The van der Waals surface area contributed by atoms with Crippen LogP contribution >= 0.6 is 0 Å². The Kier molecular flexibility index (Phi) is 5.92. The lowest BCUT2D eigenvalue weighted by Crippen LogP contribution is -2.38. The zero-order valence-electron chi connectivity index (χ0n) is 19.4. The lowest BCUT2D eigenvalue weighted by Gasteiger charge is -2.23. The summed E-state index contributed by atoms with van der Waals surface area (Å²) in [5, 5.41) is 2.77. The highest BCUT2D eigenvalue weighted by Crippen LogP contribution is 2.41. The number of halogens is 4. The van der Waals surface area contributed by atoms with E-state index in [1.54, 1.807) is 12.3 Å². The summed E-state index contributed by atoms with van der Waals surface area (Å²) < 4.78 is 71.1. The molecule has 3 aliphatic rings. The van der Waals surface area contributed by atoms with Gasteiger partial charge in [-0.15, -0.1) is 0 Å². The summed E-state index contributed by atoms with van der Waals surface area (Å²) in [4.78, 5) is 30.8. The van der Waals surface area contributed by atoms with Gasteiger partial charge >= 0.3 is 6.18 Å². The van der Waals surface area contributed by atoms with Crippen molar-refractivity contribution >= 4 is 17.5 Å². The molecule has 12 heteroatoms. The Balaban J connectivity index is 1.39. The van der Waals surface area contributed by atoms with Gasteiger partial charge in [0.25, 0.3) is 5.91 Å². The molecule has 3 atom stereocenters. The minimum Gasteiger partial charge on any atom is -0.490 e. The van der Waals surface area contributed by atoms with Crippen molar-refractivity contribution in [3.05, 3.63) is 40.8 Å². The van der Waals surface area contributed by atoms with Crippen LogP contribution in [0.4, 0.5) is 23.2 Å². The number of benzene rings is 1. The van der Waals surface area contributed by atoms with Gasteiger partial charge in [0, 0.05) is 25.1 Å². The maximum absolute atomic E-state index is 14.9. The molecule has 1 saturated heterocycles. The van der Waals surface area contributed by atoms with Crippen molar-refractivity contribution in [2.24, 2.45) is 0 Å². The molecule has 0 unspecified atom stereocenters. The van der Waals surface area contributed by atoms with E-state index in [0.29, 0.717) is 24.9 Å². The van der Waals surface area contributed by atoms with Gasteiger partial charge in [-0.2, -0.15) is 13.2 Å². The molecule has 1 aromatic heterocycles. The van der Waals surface area contributed by atoms with Gasteiger partial charge in [0.05, 0.1) is 18.3 Å². The number of carbonyl (C=O) groups excluding carboxylic acids is 2. The summed E-state index contributed by atoms with van der Waals surface area (Å²) in [5.74, 6) is -2.40. The molecule has 0 radical (unpaired) electrons. The number of pyridine rings is 1. The molecule has 1 aromatic carbocycles. The smallest absolute Gasteiger partial charge is 0.425 e. The molecule has 3 aliphatic heterocycles. The van der Waals surface area contributed by atoms with E-state index in [9.17, 15) is 27.2 Å². The molecule has 0 spiro atoms. The van der Waals surface area contributed by atoms with Crippen molar-refractivity contribution in [2.45, 2.75) is 57.5 Å². The lowest BCUT2D eigenvalue weighted by molar-refractivity contribution is -0.189. The van der Waals surface area contributed by atoms with E-state index >= 15 is 0 Å². The van der Waals surface area contributed by atoms with Gasteiger partial charge < -0.3 is 24.4 Å². The van der Waals surface area contributed by atoms with Crippen LogP contribution in [0.1, 0.15) is 41.3 Å². The number of anilines is 1. The number of amides is 2. The summed E-state index contributed by atoms with van der Waals surface area (Å²) in [6, 6.07) is 2.45. The van der Waals surface area contributed by atoms with Crippen LogP contribution in [-0.4, -0.2) is 59.3 Å². The number of carbonyl (C=O) groups is 2. The van der Waals surface area contributed by atoms with Gasteiger partial charge in [-0.3, -0.25) is 9.59 Å². The minimum atomic E-state index is -4.76. The predicted octanol–water partition coefficient (Wildman–Crippen LogP) is 3.80. The second kappa shape index (κ2) is 8.82. The summed E-state index contributed by atoms with van der Waals surface area (Å²) >= 11 is 0. The largest absolute Gasteiger partial charge is 0.490 e. The average Bonchev–Trinajstić information content (AvgIpc) is 3.16. The first kappa shape index (κ1) is 24.1. The Morgan fingerprint density at radius 3 is 2.78 bits per heavy atom. The molecule has 192 valence electrons. The Morgan fingerprint density at radius 2 is 2.03 bits per heavy atom. The fourth-order valence-electron chi connectivity index (χ4n) is 4.58. The molecule has 0 aliphatic carbocycles. The zero-order valence-corrected chi connectivity index (χ0v) is 19.4. The molecule has 1 N–H and O–H groups in total. The SMILES string of the molecule is Cc1cc2c(c(O[C@H](C)C(F)(F)F)c1F)C(=O)N1C[C@@H](Oc3cc4c(cn3)CCC(=O)N4)C[C@@H]1CO2. The van der Waals surface area contributed by atoms with Crippen LogP contribution < -0.4 is 19.5 Å². The first-order valence-electron chi connectivity index (χ1n) is 11.5. The molecule has 2 amide bonds. The van der Waals surface area contributed by atoms with Gasteiger partial charge in [0.1, 0.15) is 24.0 Å². The third kappa shape index (κ3) is 4.40. The van der Waals surface area contributed by atoms with E-state index in [0.717, 1.165) is 12.5 Å². The topological polar surface area (TPSA) is 90.0 Å². The van der Waals surface area contributed by atoms with Crippen molar-refractivity contribution in [1.82, 2.24) is 9.88 Å². The van der Waals surface area contributed by atoms with E-state index in [4.69, 9.17) is 14.2 Å². The Labute approximate surface area is 203 Å². The van der Waals surface area contributed by atoms with Crippen LogP contribution in [0.5, 0.6) is 17.4 Å². The summed E-state index contributed by atoms with van der Waals surface area (Å²) in [5.41, 5.74) is 1.12. The molecular formula is C24H23F4N3O5. The monoisotopic (exact) mass is 509 g/mol. The van der Waals surface area contributed by atoms with Crippen molar-refractivity contribution in [1.29, 1.82) is 0 Å². The summed E-state index contributed by atoms with van der Waals surface area (Å²) in [6.45, 7) is 2.23. The van der Waals surface area contributed by atoms with Crippen molar-refractivity contribution in [2.75, 3.05) is 18.5 Å². The van der Waals surface area contributed by atoms with Crippen molar-refractivity contribution in [3.8, 4) is 17.4 Å². The normalized spacial score (nSPS) is 22.0. The van der Waals surface area contributed by atoms with Crippen molar-refractivity contribution in [3.63, 3.8) is 0 Å². The molecule has 1 fully saturated rings. The molecule has 5 rings (SSSR count). The molecule has 8 nitrogen and oxygen atoms in total. The third-order valence-corrected chi connectivity index (χ3v) is 6.55. The fraction of sp³-hybridized carbons (Fsp3) is 0.458. The second-order valence-corrected chi connectivity index (χ2v) is 9.14. The Morgan fingerprint density at radius 1 is 1.25 bits per heavy atom. The quantitative estimate of drug-likeness (QED) is 0.631. The van der Waals surface area contributed by atoms with E-state index in [-0.39, 0.29) is 41.8 Å². The van der Waals surface area contributed by atoms with Gasteiger partial charge in [0.2, 0.25) is 11.8 Å². The van der Waals surface area contributed by atoms with Crippen LogP contribution in [0.25, 0.3) is 0 Å². The number of fused-ring (bicyclic) bond motifs is 3. The number of aryl methyl sites for hydroxylation is 2. The van der Waals surface area contributed by atoms with Crippen molar-refractivity contribution < 1.29 is 41.4 Å². The molecule has 36 heavy (non-hydrogen) atoms. The van der Waals surface area contributed by atoms with Gasteiger partial charge in [-0.05, 0) is 37.5 Å². The van der Waals surface area contributed by atoms with Gasteiger partial charge in [-0.25, -0.2) is 9.37 Å². The third-order valence-electron chi connectivity index (χ3n) is 6.55.